The van der Waals surface area contributed by atoms with Crippen molar-refractivity contribution in [2.75, 3.05) is 7.11 Å². The second-order valence-corrected chi connectivity index (χ2v) is 3.92. The fourth-order valence-electron chi connectivity index (χ4n) is 1.86. The van der Waals surface area contributed by atoms with Gasteiger partial charge in [-0.05, 0) is 5.56 Å². The van der Waals surface area contributed by atoms with Crippen molar-refractivity contribution in [1.29, 1.82) is 0 Å². The summed E-state index contributed by atoms with van der Waals surface area (Å²) in [6.45, 7) is 0. The maximum absolute atomic E-state index is 11.0. The van der Waals surface area contributed by atoms with Gasteiger partial charge in [-0.25, -0.2) is 0 Å². The molecule has 0 aromatic heterocycles. The first-order valence-electron chi connectivity index (χ1n) is 5.61. The van der Waals surface area contributed by atoms with Gasteiger partial charge in [-0.3, -0.25) is 20.2 Å². The molecule has 2 aromatic rings. The molecule has 102 valence electrons. The molecule has 0 saturated carbocycles. The lowest BCUT2D eigenvalue weighted by atomic mass is 10.0. The largest absolute Gasteiger partial charge is 0.496 e. The van der Waals surface area contributed by atoms with Crippen LogP contribution < -0.4 is 4.74 Å². The summed E-state index contributed by atoms with van der Waals surface area (Å²) in [5, 5.41) is 21.9. The van der Waals surface area contributed by atoms with Crippen molar-refractivity contribution in [3.8, 4) is 16.9 Å². The Morgan fingerprint density at radius 2 is 1.50 bits per heavy atom. The minimum atomic E-state index is -0.796. The average molecular weight is 274 g/mol. The van der Waals surface area contributed by atoms with E-state index in [-0.39, 0.29) is 5.75 Å². The lowest BCUT2D eigenvalue weighted by Gasteiger charge is -2.08. The Hall–Kier alpha value is -2.96. The summed E-state index contributed by atoms with van der Waals surface area (Å²) >= 11 is 0. The lowest BCUT2D eigenvalue weighted by Crippen LogP contribution is -1.99. The van der Waals surface area contributed by atoms with Crippen LogP contribution in [0.4, 0.5) is 11.4 Å². The summed E-state index contributed by atoms with van der Waals surface area (Å²) in [5.74, 6) is 0.216. The molecule has 2 rings (SSSR count). The zero-order chi connectivity index (χ0) is 14.7. The molecule has 20 heavy (non-hydrogen) atoms. The van der Waals surface area contributed by atoms with Gasteiger partial charge in [0.2, 0.25) is 0 Å². The van der Waals surface area contributed by atoms with Crippen molar-refractivity contribution < 1.29 is 14.6 Å². The standard InChI is InChI=1S/C13H10N2O5/c1-20-13-8-12(15(18)19)11(14(16)17)7-10(13)9-5-3-2-4-6-9/h2-8H,1H3. The average Bonchev–Trinajstić information content (AvgIpc) is 2.46. The maximum Gasteiger partial charge on any atom is 0.349 e. The normalized spacial score (nSPS) is 10.1. The smallest absolute Gasteiger partial charge is 0.349 e. The predicted molar refractivity (Wildman–Crippen MR) is 71.7 cm³/mol. The van der Waals surface area contributed by atoms with Gasteiger partial charge in [-0.1, -0.05) is 30.3 Å². The molecule has 0 amide bonds. The van der Waals surface area contributed by atoms with E-state index in [2.05, 4.69) is 0 Å². The van der Waals surface area contributed by atoms with E-state index in [0.29, 0.717) is 11.1 Å². The quantitative estimate of drug-likeness (QED) is 0.630. The lowest BCUT2D eigenvalue weighted by molar-refractivity contribution is -0.422. The molecule has 0 aliphatic heterocycles. The Morgan fingerprint density at radius 3 is 2.00 bits per heavy atom. The number of nitro benzene ring substituents is 2. The van der Waals surface area contributed by atoms with E-state index in [9.17, 15) is 20.2 Å². The zero-order valence-corrected chi connectivity index (χ0v) is 10.5. The Labute approximate surface area is 113 Å². The van der Waals surface area contributed by atoms with Gasteiger partial charge in [0.1, 0.15) is 5.75 Å². The summed E-state index contributed by atoms with van der Waals surface area (Å²) in [6.07, 6.45) is 0. The molecule has 0 radical (unpaired) electrons. The first-order valence-corrected chi connectivity index (χ1v) is 5.61. The summed E-state index contributed by atoms with van der Waals surface area (Å²) in [6, 6.07) is 11.0. The van der Waals surface area contributed by atoms with E-state index in [4.69, 9.17) is 4.74 Å². The Morgan fingerprint density at radius 1 is 0.950 bits per heavy atom. The highest BCUT2D eigenvalue weighted by Gasteiger charge is 2.27. The maximum atomic E-state index is 11.0. The van der Waals surface area contributed by atoms with Crippen LogP contribution in [0.25, 0.3) is 11.1 Å². The van der Waals surface area contributed by atoms with Crippen molar-refractivity contribution >= 4 is 11.4 Å². The summed E-state index contributed by atoms with van der Waals surface area (Å²) in [4.78, 5) is 20.3. The van der Waals surface area contributed by atoms with E-state index in [1.54, 1.807) is 30.3 Å². The highest BCUT2D eigenvalue weighted by atomic mass is 16.6. The van der Waals surface area contributed by atoms with E-state index in [1.165, 1.54) is 7.11 Å². The van der Waals surface area contributed by atoms with Gasteiger partial charge in [0.05, 0.1) is 23.0 Å². The monoisotopic (exact) mass is 274 g/mol. The predicted octanol–water partition coefficient (Wildman–Crippen LogP) is 3.18. The van der Waals surface area contributed by atoms with Gasteiger partial charge in [-0.2, -0.15) is 0 Å². The van der Waals surface area contributed by atoms with E-state index in [0.717, 1.165) is 12.1 Å². The number of hydrogen-bond acceptors (Lipinski definition) is 5. The first-order chi connectivity index (χ1) is 9.54. The third-order valence-corrected chi connectivity index (χ3v) is 2.77. The molecule has 0 heterocycles. The number of nitrogens with zero attached hydrogens (tertiary/aromatic N) is 2. The molecule has 2 aromatic carbocycles. The molecule has 7 heteroatoms. The second-order valence-electron chi connectivity index (χ2n) is 3.92. The number of hydrogen-bond donors (Lipinski definition) is 0. The topological polar surface area (TPSA) is 95.5 Å². The van der Waals surface area contributed by atoms with Crippen LogP contribution in [0.15, 0.2) is 42.5 Å². The number of rotatable bonds is 4. The molecule has 0 N–H and O–H groups in total. The van der Waals surface area contributed by atoms with Crippen molar-refractivity contribution in [3.05, 3.63) is 62.7 Å². The van der Waals surface area contributed by atoms with Crippen LogP contribution >= 0.6 is 0 Å². The summed E-state index contributed by atoms with van der Waals surface area (Å²) < 4.78 is 5.10. The van der Waals surface area contributed by atoms with Crippen molar-refractivity contribution in [2.45, 2.75) is 0 Å². The molecular weight excluding hydrogens is 264 g/mol. The molecule has 0 atom stereocenters. The van der Waals surface area contributed by atoms with Gasteiger partial charge in [0.25, 0.3) is 0 Å². The molecule has 0 spiro atoms. The fourth-order valence-corrected chi connectivity index (χ4v) is 1.86. The van der Waals surface area contributed by atoms with Crippen LogP contribution in [0.2, 0.25) is 0 Å². The highest BCUT2D eigenvalue weighted by molar-refractivity contribution is 5.77. The van der Waals surface area contributed by atoms with E-state index >= 15 is 0 Å². The van der Waals surface area contributed by atoms with Gasteiger partial charge in [-0.15, -0.1) is 0 Å². The first kappa shape index (κ1) is 13.5. The minimum absolute atomic E-state index is 0.216. The van der Waals surface area contributed by atoms with Gasteiger partial charge in [0.15, 0.2) is 0 Å². The Bertz CT molecular complexity index is 670. The molecule has 0 fully saturated rings. The van der Waals surface area contributed by atoms with Crippen molar-refractivity contribution in [1.82, 2.24) is 0 Å². The highest BCUT2D eigenvalue weighted by Crippen LogP contribution is 2.39. The van der Waals surface area contributed by atoms with E-state index < -0.39 is 21.2 Å². The molecular formula is C13H10N2O5. The second kappa shape index (κ2) is 5.35. The van der Waals surface area contributed by atoms with Gasteiger partial charge in [0, 0.05) is 11.6 Å². The zero-order valence-electron chi connectivity index (χ0n) is 10.5. The SMILES string of the molecule is COc1cc([N+](=O)[O-])c([N+](=O)[O-])cc1-c1ccccc1. The summed E-state index contributed by atoms with van der Waals surface area (Å²) in [5.41, 5.74) is -0.0334. The van der Waals surface area contributed by atoms with Crippen LogP contribution in [0.3, 0.4) is 0 Å². The van der Waals surface area contributed by atoms with Crippen LogP contribution in [0.1, 0.15) is 0 Å². The van der Waals surface area contributed by atoms with Gasteiger partial charge < -0.3 is 4.74 Å². The van der Waals surface area contributed by atoms with Crippen LogP contribution in [0, 0.1) is 20.2 Å². The Kier molecular flexibility index (Phi) is 3.60. The summed E-state index contributed by atoms with van der Waals surface area (Å²) in [7, 11) is 1.36. The fraction of sp³-hybridized carbons (Fsp3) is 0.0769. The number of methoxy groups -OCH3 is 1. The minimum Gasteiger partial charge on any atom is -0.496 e. The number of ether oxygens (including phenoxy) is 1. The molecule has 0 aliphatic carbocycles. The molecule has 0 saturated heterocycles. The number of benzene rings is 2. The van der Waals surface area contributed by atoms with E-state index in [1.807, 2.05) is 0 Å². The molecule has 7 nitrogen and oxygen atoms in total. The molecule has 0 unspecified atom stereocenters. The Balaban J connectivity index is 2.72. The third-order valence-electron chi connectivity index (χ3n) is 2.77. The van der Waals surface area contributed by atoms with Crippen LogP contribution in [-0.4, -0.2) is 17.0 Å². The third kappa shape index (κ3) is 2.41. The van der Waals surface area contributed by atoms with Crippen LogP contribution in [-0.2, 0) is 0 Å². The number of nitro groups is 2. The van der Waals surface area contributed by atoms with Crippen LogP contribution in [0.5, 0.6) is 5.75 Å². The molecule has 0 aliphatic rings. The van der Waals surface area contributed by atoms with Gasteiger partial charge >= 0.3 is 11.4 Å². The van der Waals surface area contributed by atoms with Crippen molar-refractivity contribution in [3.63, 3.8) is 0 Å². The molecule has 0 bridgehead atoms. The van der Waals surface area contributed by atoms with Crippen molar-refractivity contribution in [2.24, 2.45) is 0 Å².